The number of nitrogens with zero attached hydrogens (tertiary/aromatic N) is 1. The molecule has 1 N–H and O–H groups in total. The number of benzene rings is 1. The topological polar surface area (TPSA) is 58.6 Å². The molecule has 0 aromatic heterocycles. The first-order valence-corrected chi connectivity index (χ1v) is 6.09. The monoisotopic (exact) mass is 246 g/mol. The van der Waals surface area contributed by atoms with Crippen molar-refractivity contribution in [2.45, 2.75) is 18.8 Å². The lowest BCUT2D eigenvalue weighted by Gasteiger charge is -2.27. The summed E-state index contributed by atoms with van der Waals surface area (Å²) >= 11 is 0. The largest absolute Gasteiger partial charge is 0.326 e. The minimum atomic E-state index is -0.423. The number of hydrogen-bond acceptors (Lipinski definition) is 3. The Kier molecular flexibility index (Phi) is 2.76. The maximum Gasteiger partial charge on any atom is 0.254 e. The molecule has 3 rings (SSSR count). The number of hydroxylamine groups is 2. The Morgan fingerprint density at radius 1 is 1.39 bits per heavy atom. The summed E-state index contributed by atoms with van der Waals surface area (Å²) in [5.74, 6) is -0.658. The van der Waals surface area contributed by atoms with Crippen LogP contribution in [-0.4, -0.2) is 30.0 Å². The van der Waals surface area contributed by atoms with E-state index in [1.807, 2.05) is 24.3 Å². The van der Waals surface area contributed by atoms with Crippen molar-refractivity contribution < 1.29 is 14.4 Å². The number of carbonyl (C=O) groups excluding carboxylic acids is 2. The average molecular weight is 246 g/mol. The van der Waals surface area contributed by atoms with E-state index < -0.39 is 5.92 Å². The number of para-hydroxylation sites is 1. The average Bonchev–Trinajstić information content (AvgIpc) is 2.90. The minimum Gasteiger partial charge on any atom is -0.326 e. The summed E-state index contributed by atoms with van der Waals surface area (Å²) in [6.45, 7) is 1.19. The summed E-state index contributed by atoms with van der Waals surface area (Å²) < 4.78 is 0. The molecule has 1 aromatic rings. The standard InChI is InChI=1S/C13H14N2O3/c16-12-8-10(13(17)15-6-3-7-18-15)9-4-1-2-5-11(9)14-12/h1-2,4-5,10H,3,6-8H2,(H,14,16)/t10-/m1/s1. The number of rotatable bonds is 1. The van der Waals surface area contributed by atoms with Crippen molar-refractivity contribution in [3.63, 3.8) is 0 Å². The smallest absolute Gasteiger partial charge is 0.254 e. The van der Waals surface area contributed by atoms with Crippen LogP contribution in [0.1, 0.15) is 24.3 Å². The molecule has 0 aliphatic carbocycles. The molecular weight excluding hydrogens is 232 g/mol. The fourth-order valence-corrected chi connectivity index (χ4v) is 2.43. The van der Waals surface area contributed by atoms with Crippen LogP contribution in [0.3, 0.4) is 0 Å². The SMILES string of the molecule is O=C1C[C@@H](C(=O)N2CCCO2)c2ccccc2N1. The second-order valence-electron chi connectivity index (χ2n) is 4.52. The van der Waals surface area contributed by atoms with Crippen molar-refractivity contribution in [2.24, 2.45) is 0 Å². The molecular formula is C13H14N2O3. The lowest BCUT2D eigenvalue weighted by atomic mass is 9.90. The predicted molar refractivity (Wildman–Crippen MR) is 64.7 cm³/mol. The Labute approximate surface area is 105 Å². The van der Waals surface area contributed by atoms with E-state index >= 15 is 0 Å². The lowest BCUT2D eigenvalue weighted by Crippen LogP contribution is -2.36. The van der Waals surface area contributed by atoms with Crippen molar-refractivity contribution >= 4 is 17.5 Å². The van der Waals surface area contributed by atoms with Crippen LogP contribution in [0.4, 0.5) is 5.69 Å². The summed E-state index contributed by atoms with van der Waals surface area (Å²) in [6, 6.07) is 7.42. The Morgan fingerprint density at radius 3 is 3.00 bits per heavy atom. The van der Waals surface area contributed by atoms with E-state index in [9.17, 15) is 9.59 Å². The van der Waals surface area contributed by atoms with Crippen LogP contribution in [-0.2, 0) is 14.4 Å². The van der Waals surface area contributed by atoms with Gasteiger partial charge in [-0.3, -0.25) is 14.4 Å². The van der Waals surface area contributed by atoms with Gasteiger partial charge in [-0.2, -0.15) is 0 Å². The highest BCUT2D eigenvalue weighted by Gasteiger charge is 2.34. The fourth-order valence-electron chi connectivity index (χ4n) is 2.43. The summed E-state index contributed by atoms with van der Waals surface area (Å²) in [4.78, 5) is 29.2. The van der Waals surface area contributed by atoms with Gasteiger partial charge in [-0.05, 0) is 18.1 Å². The van der Waals surface area contributed by atoms with E-state index in [1.54, 1.807) is 0 Å². The molecule has 0 saturated carbocycles. The van der Waals surface area contributed by atoms with Gasteiger partial charge >= 0.3 is 0 Å². The summed E-state index contributed by atoms with van der Waals surface area (Å²) in [6.07, 6.45) is 1.04. The summed E-state index contributed by atoms with van der Waals surface area (Å²) in [5.41, 5.74) is 1.60. The molecule has 5 heteroatoms. The van der Waals surface area contributed by atoms with Crippen LogP contribution in [0.25, 0.3) is 0 Å². The Bertz CT molecular complexity index is 495. The van der Waals surface area contributed by atoms with Gasteiger partial charge in [0, 0.05) is 12.1 Å². The molecule has 2 amide bonds. The third-order valence-corrected chi connectivity index (χ3v) is 3.30. The molecule has 18 heavy (non-hydrogen) atoms. The van der Waals surface area contributed by atoms with Crippen LogP contribution in [0.2, 0.25) is 0 Å². The quantitative estimate of drug-likeness (QED) is 0.812. The lowest BCUT2D eigenvalue weighted by molar-refractivity contribution is -0.171. The van der Waals surface area contributed by atoms with E-state index in [2.05, 4.69) is 5.32 Å². The maximum absolute atomic E-state index is 12.3. The number of carbonyl (C=O) groups is 2. The third-order valence-electron chi connectivity index (χ3n) is 3.30. The third kappa shape index (κ3) is 1.86. The van der Waals surface area contributed by atoms with Gasteiger partial charge < -0.3 is 5.32 Å². The highest BCUT2D eigenvalue weighted by molar-refractivity contribution is 6.00. The highest BCUT2D eigenvalue weighted by Crippen LogP contribution is 2.33. The molecule has 94 valence electrons. The van der Waals surface area contributed by atoms with Gasteiger partial charge in [0.2, 0.25) is 5.91 Å². The Morgan fingerprint density at radius 2 is 2.22 bits per heavy atom. The molecule has 1 saturated heterocycles. The van der Waals surface area contributed by atoms with E-state index in [-0.39, 0.29) is 18.2 Å². The van der Waals surface area contributed by atoms with E-state index in [0.717, 1.165) is 17.7 Å². The van der Waals surface area contributed by atoms with Crippen LogP contribution in [0, 0.1) is 0 Å². The van der Waals surface area contributed by atoms with E-state index in [1.165, 1.54) is 5.06 Å². The zero-order chi connectivity index (χ0) is 12.5. The van der Waals surface area contributed by atoms with Crippen molar-refractivity contribution in [1.82, 2.24) is 5.06 Å². The first kappa shape index (κ1) is 11.2. The van der Waals surface area contributed by atoms with Crippen molar-refractivity contribution in [1.29, 1.82) is 0 Å². The molecule has 1 aromatic carbocycles. The van der Waals surface area contributed by atoms with Gasteiger partial charge in [0.25, 0.3) is 5.91 Å². The zero-order valence-corrected chi connectivity index (χ0v) is 9.89. The summed E-state index contributed by atoms with van der Waals surface area (Å²) in [7, 11) is 0. The molecule has 2 heterocycles. The van der Waals surface area contributed by atoms with E-state index in [4.69, 9.17) is 4.84 Å². The molecule has 1 atom stereocenters. The molecule has 0 bridgehead atoms. The van der Waals surface area contributed by atoms with Crippen LogP contribution >= 0.6 is 0 Å². The van der Waals surface area contributed by atoms with Gasteiger partial charge in [0.05, 0.1) is 19.1 Å². The summed E-state index contributed by atoms with van der Waals surface area (Å²) in [5, 5.41) is 4.17. The van der Waals surface area contributed by atoms with Gasteiger partial charge in [0.15, 0.2) is 0 Å². The number of fused-ring (bicyclic) bond motifs is 1. The van der Waals surface area contributed by atoms with Crippen molar-refractivity contribution in [2.75, 3.05) is 18.5 Å². The molecule has 5 nitrogen and oxygen atoms in total. The Hall–Kier alpha value is -1.88. The van der Waals surface area contributed by atoms with Crippen LogP contribution < -0.4 is 5.32 Å². The number of anilines is 1. The molecule has 0 spiro atoms. The molecule has 2 aliphatic rings. The van der Waals surface area contributed by atoms with Crippen molar-refractivity contribution in [3.8, 4) is 0 Å². The second kappa shape index (κ2) is 4.42. The van der Waals surface area contributed by atoms with Crippen molar-refractivity contribution in [3.05, 3.63) is 29.8 Å². The van der Waals surface area contributed by atoms with Gasteiger partial charge in [-0.15, -0.1) is 0 Å². The van der Waals surface area contributed by atoms with Gasteiger partial charge in [0.1, 0.15) is 0 Å². The van der Waals surface area contributed by atoms with Crippen LogP contribution in [0.15, 0.2) is 24.3 Å². The van der Waals surface area contributed by atoms with Gasteiger partial charge in [-0.25, -0.2) is 5.06 Å². The molecule has 0 unspecified atom stereocenters. The van der Waals surface area contributed by atoms with Crippen LogP contribution in [0.5, 0.6) is 0 Å². The zero-order valence-electron chi connectivity index (χ0n) is 9.89. The molecule has 2 aliphatic heterocycles. The number of nitrogens with one attached hydrogen (secondary N) is 1. The molecule has 0 radical (unpaired) electrons. The fraction of sp³-hybridized carbons (Fsp3) is 0.385. The minimum absolute atomic E-state index is 0.116. The normalized spacial score (nSPS) is 22.6. The first-order valence-electron chi connectivity index (χ1n) is 6.09. The maximum atomic E-state index is 12.3. The van der Waals surface area contributed by atoms with Gasteiger partial charge in [-0.1, -0.05) is 18.2 Å². The highest BCUT2D eigenvalue weighted by atomic mass is 16.7. The number of hydrogen-bond donors (Lipinski definition) is 1. The van der Waals surface area contributed by atoms with E-state index in [0.29, 0.717) is 13.2 Å². The Balaban J connectivity index is 1.92. The second-order valence-corrected chi connectivity index (χ2v) is 4.52. The number of amides is 2. The molecule has 1 fully saturated rings. The first-order chi connectivity index (χ1) is 8.75. The predicted octanol–water partition coefficient (Wildman–Crippen LogP) is 1.28.